The first-order chi connectivity index (χ1) is 11.1. The average molecular weight is 338 g/mol. The molecule has 2 N–H and O–H groups in total. The standard InChI is InChI=1S/C17H31N5S/c1-5-22-10-7-15(8-11-22)6-9-19-17(18-4)20-12-16-13(2)21-14(3)23-16/h15H,5-12H2,1-4H3,(H2,18,19,20). The van der Waals surface area contributed by atoms with E-state index in [0.29, 0.717) is 0 Å². The van der Waals surface area contributed by atoms with E-state index in [0.717, 1.165) is 35.7 Å². The fourth-order valence-electron chi connectivity index (χ4n) is 3.11. The minimum Gasteiger partial charge on any atom is -0.356 e. The van der Waals surface area contributed by atoms with Gasteiger partial charge < -0.3 is 15.5 Å². The lowest BCUT2D eigenvalue weighted by Crippen LogP contribution is -2.39. The first kappa shape index (κ1) is 18.2. The molecule has 0 saturated carbocycles. The van der Waals surface area contributed by atoms with Gasteiger partial charge in [0.1, 0.15) is 0 Å². The molecule has 6 heteroatoms. The second-order valence-electron chi connectivity index (χ2n) is 6.26. The molecule has 2 heterocycles. The molecule has 1 fully saturated rings. The van der Waals surface area contributed by atoms with Crippen molar-refractivity contribution < 1.29 is 0 Å². The summed E-state index contributed by atoms with van der Waals surface area (Å²) in [5.74, 6) is 1.75. The number of hydrogen-bond donors (Lipinski definition) is 2. The van der Waals surface area contributed by atoms with Gasteiger partial charge in [-0.3, -0.25) is 4.99 Å². The molecule has 2 rings (SSSR count). The molecule has 0 unspecified atom stereocenters. The summed E-state index contributed by atoms with van der Waals surface area (Å²) in [7, 11) is 1.83. The van der Waals surface area contributed by atoms with E-state index in [2.05, 4.69) is 46.3 Å². The predicted octanol–water partition coefficient (Wildman–Crippen LogP) is 2.55. The van der Waals surface area contributed by atoms with E-state index in [4.69, 9.17) is 0 Å². The van der Waals surface area contributed by atoms with Crippen molar-refractivity contribution in [1.29, 1.82) is 0 Å². The number of nitrogens with zero attached hydrogens (tertiary/aromatic N) is 3. The Balaban J connectivity index is 1.66. The number of guanidine groups is 1. The van der Waals surface area contributed by atoms with E-state index in [9.17, 15) is 0 Å². The molecule has 0 spiro atoms. The molecule has 23 heavy (non-hydrogen) atoms. The van der Waals surface area contributed by atoms with Crippen molar-refractivity contribution >= 4 is 17.3 Å². The van der Waals surface area contributed by atoms with E-state index >= 15 is 0 Å². The van der Waals surface area contributed by atoms with E-state index in [1.807, 2.05) is 7.05 Å². The molecule has 0 aromatic carbocycles. The van der Waals surface area contributed by atoms with Crippen LogP contribution in [0.25, 0.3) is 0 Å². The van der Waals surface area contributed by atoms with E-state index < -0.39 is 0 Å². The number of rotatable bonds is 6. The summed E-state index contributed by atoms with van der Waals surface area (Å²) in [6.45, 7) is 11.9. The number of piperidine rings is 1. The molecule has 1 aromatic heterocycles. The second kappa shape index (κ2) is 9.23. The molecule has 1 saturated heterocycles. The SMILES string of the molecule is CCN1CCC(CCNC(=NC)NCc2sc(C)nc2C)CC1. The normalized spacial score (nSPS) is 17.5. The molecule has 0 atom stereocenters. The van der Waals surface area contributed by atoms with Gasteiger partial charge in [-0.15, -0.1) is 11.3 Å². The van der Waals surface area contributed by atoms with Crippen LogP contribution in [0, 0.1) is 19.8 Å². The highest BCUT2D eigenvalue weighted by molar-refractivity contribution is 7.11. The van der Waals surface area contributed by atoms with Crippen molar-refractivity contribution in [3.05, 3.63) is 15.6 Å². The van der Waals surface area contributed by atoms with Crippen LogP contribution in [0.4, 0.5) is 0 Å². The lowest BCUT2D eigenvalue weighted by atomic mass is 9.93. The molecule has 1 aliphatic rings. The van der Waals surface area contributed by atoms with Gasteiger partial charge in [-0.25, -0.2) is 4.98 Å². The third kappa shape index (κ3) is 5.77. The Morgan fingerprint density at radius 3 is 2.61 bits per heavy atom. The van der Waals surface area contributed by atoms with Gasteiger partial charge in [-0.05, 0) is 58.7 Å². The van der Waals surface area contributed by atoms with Crippen LogP contribution in [0.1, 0.15) is 41.8 Å². The molecule has 0 amide bonds. The highest BCUT2D eigenvalue weighted by atomic mass is 32.1. The maximum atomic E-state index is 4.47. The number of aromatic nitrogens is 1. The van der Waals surface area contributed by atoms with Gasteiger partial charge in [0, 0.05) is 18.5 Å². The highest BCUT2D eigenvalue weighted by Crippen LogP contribution is 2.19. The Kier molecular flexibility index (Phi) is 7.30. The first-order valence-corrected chi connectivity index (χ1v) is 9.53. The van der Waals surface area contributed by atoms with Gasteiger partial charge in [0.2, 0.25) is 0 Å². The number of likely N-dealkylation sites (tertiary alicyclic amines) is 1. The van der Waals surface area contributed by atoms with Gasteiger partial charge >= 0.3 is 0 Å². The van der Waals surface area contributed by atoms with Gasteiger partial charge in [-0.1, -0.05) is 6.92 Å². The summed E-state index contributed by atoms with van der Waals surface area (Å²) in [5, 5.41) is 7.97. The number of thiazole rings is 1. The highest BCUT2D eigenvalue weighted by Gasteiger charge is 2.17. The zero-order valence-corrected chi connectivity index (χ0v) is 15.8. The van der Waals surface area contributed by atoms with Crippen LogP contribution < -0.4 is 10.6 Å². The number of hydrogen-bond acceptors (Lipinski definition) is 4. The summed E-state index contributed by atoms with van der Waals surface area (Å²) in [5.41, 5.74) is 1.12. The molecule has 1 aromatic rings. The fraction of sp³-hybridized carbons (Fsp3) is 0.765. The molecule has 5 nitrogen and oxygen atoms in total. The lowest BCUT2D eigenvalue weighted by Gasteiger charge is -2.31. The van der Waals surface area contributed by atoms with Crippen LogP contribution in [0.3, 0.4) is 0 Å². The Labute approximate surface area is 144 Å². The topological polar surface area (TPSA) is 52.5 Å². The van der Waals surface area contributed by atoms with E-state index in [1.54, 1.807) is 11.3 Å². The third-order valence-electron chi connectivity index (χ3n) is 4.64. The summed E-state index contributed by atoms with van der Waals surface area (Å²) < 4.78 is 0. The number of aliphatic imine (C=N–C) groups is 1. The third-order valence-corrected chi connectivity index (χ3v) is 5.71. The molecule has 0 bridgehead atoms. The number of aryl methyl sites for hydroxylation is 2. The van der Waals surface area contributed by atoms with Crippen LogP contribution in [-0.2, 0) is 6.54 Å². The summed E-state index contributed by atoms with van der Waals surface area (Å²) >= 11 is 1.75. The van der Waals surface area contributed by atoms with Crippen molar-refractivity contribution in [2.24, 2.45) is 10.9 Å². The Morgan fingerprint density at radius 2 is 2.04 bits per heavy atom. The van der Waals surface area contributed by atoms with Crippen LogP contribution in [0.15, 0.2) is 4.99 Å². The maximum Gasteiger partial charge on any atom is 0.191 e. The molecule has 1 aliphatic heterocycles. The van der Waals surface area contributed by atoms with Gasteiger partial charge in [0.15, 0.2) is 5.96 Å². The zero-order valence-electron chi connectivity index (χ0n) is 15.0. The largest absolute Gasteiger partial charge is 0.356 e. The van der Waals surface area contributed by atoms with Gasteiger partial charge in [0.05, 0.1) is 17.2 Å². The molecular weight excluding hydrogens is 306 g/mol. The molecule has 0 aliphatic carbocycles. The monoisotopic (exact) mass is 337 g/mol. The second-order valence-corrected chi connectivity index (χ2v) is 7.55. The van der Waals surface area contributed by atoms with E-state index in [1.165, 1.54) is 43.8 Å². The van der Waals surface area contributed by atoms with Crippen molar-refractivity contribution in [3.63, 3.8) is 0 Å². The quantitative estimate of drug-likeness (QED) is 0.619. The van der Waals surface area contributed by atoms with Crippen LogP contribution in [0.2, 0.25) is 0 Å². The van der Waals surface area contributed by atoms with Gasteiger partial charge in [0.25, 0.3) is 0 Å². The van der Waals surface area contributed by atoms with Crippen LogP contribution >= 0.6 is 11.3 Å². The summed E-state index contributed by atoms with van der Waals surface area (Å²) in [6, 6.07) is 0. The summed E-state index contributed by atoms with van der Waals surface area (Å²) in [4.78, 5) is 12.6. The van der Waals surface area contributed by atoms with Crippen molar-refractivity contribution in [2.75, 3.05) is 33.2 Å². The summed E-state index contributed by atoms with van der Waals surface area (Å²) in [6.07, 6.45) is 3.90. The molecule has 0 radical (unpaired) electrons. The molecule has 130 valence electrons. The smallest absolute Gasteiger partial charge is 0.191 e. The fourth-order valence-corrected chi connectivity index (χ4v) is 3.98. The zero-order chi connectivity index (χ0) is 16.7. The first-order valence-electron chi connectivity index (χ1n) is 8.72. The minimum absolute atomic E-state index is 0.798. The lowest BCUT2D eigenvalue weighted by molar-refractivity contribution is 0.187. The van der Waals surface area contributed by atoms with Crippen molar-refractivity contribution in [3.8, 4) is 0 Å². The Morgan fingerprint density at radius 1 is 1.30 bits per heavy atom. The predicted molar refractivity (Wildman–Crippen MR) is 99.2 cm³/mol. The minimum atomic E-state index is 0.798. The van der Waals surface area contributed by atoms with Crippen molar-refractivity contribution in [1.82, 2.24) is 20.5 Å². The Bertz CT molecular complexity index is 503. The molecular formula is C17H31N5S. The van der Waals surface area contributed by atoms with Crippen molar-refractivity contribution in [2.45, 2.75) is 46.6 Å². The van der Waals surface area contributed by atoms with Crippen LogP contribution in [0.5, 0.6) is 0 Å². The maximum absolute atomic E-state index is 4.47. The van der Waals surface area contributed by atoms with Crippen LogP contribution in [-0.4, -0.2) is 49.1 Å². The van der Waals surface area contributed by atoms with Gasteiger partial charge in [-0.2, -0.15) is 0 Å². The average Bonchev–Trinajstić information content (AvgIpc) is 2.89. The number of nitrogens with one attached hydrogen (secondary N) is 2. The van der Waals surface area contributed by atoms with E-state index in [-0.39, 0.29) is 0 Å². The Hall–Kier alpha value is -1.14.